The van der Waals surface area contributed by atoms with Gasteiger partial charge in [0.25, 0.3) is 0 Å². The van der Waals surface area contributed by atoms with E-state index in [0.717, 1.165) is 19.4 Å². The molecule has 0 aliphatic carbocycles. The Bertz CT molecular complexity index is 452. The molecule has 2 unspecified atom stereocenters. The molecule has 1 saturated heterocycles. The molecule has 0 aromatic carbocycles. The van der Waals surface area contributed by atoms with Gasteiger partial charge in [0.05, 0.1) is 6.10 Å². The molecule has 0 radical (unpaired) electrons. The molecule has 1 fully saturated rings. The normalized spacial score (nSPS) is 18.3. The van der Waals surface area contributed by atoms with Gasteiger partial charge in [-0.2, -0.15) is 0 Å². The molecule has 1 aromatic rings. The first kappa shape index (κ1) is 15.9. The monoisotopic (exact) mass is 291 g/mol. The van der Waals surface area contributed by atoms with Crippen molar-refractivity contribution in [1.29, 1.82) is 0 Å². The van der Waals surface area contributed by atoms with Crippen molar-refractivity contribution in [1.82, 2.24) is 14.8 Å². The predicted molar refractivity (Wildman–Crippen MR) is 81.7 cm³/mol. The van der Waals surface area contributed by atoms with E-state index in [9.17, 15) is 9.90 Å². The van der Waals surface area contributed by atoms with E-state index in [0.29, 0.717) is 19.5 Å². The Hall–Kier alpha value is -1.46. The maximum atomic E-state index is 11.6. The lowest BCUT2D eigenvalue weighted by Crippen LogP contribution is -2.40. The van der Waals surface area contributed by atoms with Crippen LogP contribution in [0.5, 0.6) is 0 Å². The third-order valence-electron chi connectivity index (χ3n) is 4.11. The minimum atomic E-state index is -0.507. The SMILES string of the molecule is CCC(c1ccncc1)N(C)CC(O)CN1CCCC1=O. The molecule has 0 bridgehead atoms. The Labute approximate surface area is 126 Å². The summed E-state index contributed by atoms with van der Waals surface area (Å²) in [7, 11) is 2.02. The van der Waals surface area contributed by atoms with Crippen molar-refractivity contribution in [2.75, 3.05) is 26.7 Å². The van der Waals surface area contributed by atoms with E-state index in [2.05, 4.69) is 16.8 Å². The van der Waals surface area contributed by atoms with Crippen LogP contribution in [0.4, 0.5) is 0 Å². The fourth-order valence-electron chi connectivity index (χ4n) is 3.06. The summed E-state index contributed by atoms with van der Waals surface area (Å²) in [5, 5.41) is 10.2. The van der Waals surface area contributed by atoms with Crippen molar-refractivity contribution in [3.63, 3.8) is 0 Å². The number of likely N-dealkylation sites (N-methyl/N-ethyl adjacent to an activating group) is 1. The summed E-state index contributed by atoms with van der Waals surface area (Å²) >= 11 is 0. The highest BCUT2D eigenvalue weighted by Crippen LogP contribution is 2.22. The van der Waals surface area contributed by atoms with Crippen molar-refractivity contribution < 1.29 is 9.90 Å². The van der Waals surface area contributed by atoms with E-state index in [4.69, 9.17) is 0 Å². The van der Waals surface area contributed by atoms with Crippen LogP contribution in [0.2, 0.25) is 0 Å². The number of rotatable bonds is 7. The van der Waals surface area contributed by atoms with Crippen LogP contribution in [0.1, 0.15) is 37.8 Å². The van der Waals surface area contributed by atoms with Gasteiger partial charge in [-0.15, -0.1) is 0 Å². The largest absolute Gasteiger partial charge is 0.390 e. The highest BCUT2D eigenvalue weighted by atomic mass is 16.3. The quantitative estimate of drug-likeness (QED) is 0.826. The first-order valence-corrected chi connectivity index (χ1v) is 7.67. The fourth-order valence-corrected chi connectivity index (χ4v) is 3.06. The van der Waals surface area contributed by atoms with Gasteiger partial charge in [-0.1, -0.05) is 6.92 Å². The maximum absolute atomic E-state index is 11.6. The number of hydrogen-bond acceptors (Lipinski definition) is 4. The smallest absolute Gasteiger partial charge is 0.222 e. The number of carbonyl (C=O) groups excluding carboxylic acids is 1. The fraction of sp³-hybridized carbons (Fsp3) is 0.625. The lowest BCUT2D eigenvalue weighted by molar-refractivity contribution is -0.129. The Balaban J connectivity index is 1.89. The molecule has 116 valence electrons. The summed E-state index contributed by atoms with van der Waals surface area (Å²) in [5.74, 6) is 0.165. The molecule has 0 spiro atoms. The average molecular weight is 291 g/mol. The minimum absolute atomic E-state index is 0.165. The van der Waals surface area contributed by atoms with E-state index >= 15 is 0 Å². The van der Waals surface area contributed by atoms with Crippen molar-refractivity contribution in [2.45, 2.75) is 38.3 Å². The van der Waals surface area contributed by atoms with Crippen LogP contribution in [0.3, 0.4) is 0 Å². The Kier molecular flexibility index (Phi) is 5.70. The molecular weight excluding hydrogens is 266 g/mol. The van der Waals surface area contributed by atoms with Gasteiger partial charge in [0.1, 0.15) is 0 Å². The first-order chi connectivity index (χ1) is 10.1. The molecule has 0 saturated carbocycles. The van der Waals surface area contributed by atoms with E-state index in [1.807, 2.05) is 19.2 Å². The second kappa shape index (κ2) is 7.52. The molecular formula is C16H25N3O2. The van der Waals surface area contributed by atoms with Gasteiger partial charge in [-0.3, -0.25) is 14.7 Å². The summed E-state index contributed by atoms with van der Waals surface area (Å²) in [6.45, 7) is 3.92. The molecule has 5 heteroatoms. The summed E-state index contributed by atoms with van der Waals surface area (Å²) in [4.78, 5) is 19.6. The third kappa shape index (κ3) is 4.25. The van der Waals surface area contributed by atoms with Crippen LogP contribution in [0.15, 0.2) is 24.5 Å². The van der Waals surface area contributed by atoms with Crippen LogP contribution in [-0.2, 0) is 4.79 Å². The second-order valence-electron chi connectivity index (χ2n) is 5.74. The van der Waals surface area contributed by atoms with Gasteiger partial charge in [0.2, 0.25) is 5.91 Å². The summed E-state index contributed by atoms with van der Waals surface area (Å²) in [5.41, 5.74) is 1.21. The second-order valence-corrected chi connectivity index (χ2v) is 5.74. The number of carbonyl (C=O) groups is 1. The predicted octanol–water partition coefficient (Wildman–Crippen LogP) is 1.45. The molecule has 2 heterocycles. The van der Waals surface area contributed by atoms with Crippen molar-refractivity contribution in [3.05, 3.63) is 30.1 Å². The number of aliphatic hydroxyl groups is 1. The van der Waals surface area contributed by atoms with Gasteiger partial charge in [0.15, 0.2) is 0 Å². The number of aliphatic hydroxyl groups excluding tert-OH is 1. The van der Waals surface area contributed by atoms with E-state index in [1.54, 1.807) is 17.3 Å². The zero-order chi connectivity index (χ0) is 15.2. The topological polar surface area (TPSA) is 56.7 Å². The molecule has 2 rings (SSSR count). The molecule has 1 N–H and O–H groups in total. The number of β-amino-alcohol motifs (C(OH)–C–C–N with tert-alkyl or cyclic N) is 1. The van der Waals surface area contributed by atoms with E-state index < -0.39 is 6.10 Å². The summed E-state index contributed by atoms with van der Waals surface area (Å²) in [6.07, 6.45) is 5.59. The highest BCUT2D eigenvalue weighted by molar-refractivity contribution is 5.78. The summed E-state index contributed by atoms with van der Waals surface area (Å²) in [6, 6.07) is 4.29. The van der Waals surface area contributed by atoms with Crippen molar-refractivity contribution in [2.24, 2.45) is 0 Å². The first-order valence-electron chi connectivity index (χ1n) is 7.67. The molecule has 1 amide bonds. The zero-order valence-corrected chi connectivity index (χ0v) is 12.9. The number of likely N-dealkylation sites (tertiary alicyclic amines) is 1. The third-order valence-corrected chi connectivity index (χ3v) is 4.11. The molecule has 1 aromatic heterocycles. The lowest BCUT2D eigenvalue weighted by atomic mass is 10.0. The lowest BCUT2D eigenvalue weighted by Gasteiger charge is -2.30. The number of pyridine rings is 1. The standard InChI is InChI=1S/C16H25N3O2/c1-3-15(13-6-8-17-9-7-13)18(2)11-14(20)12-19-10-4-5-16(19)21/h6-9,14-15,20H,3-5,10-12H2,1-2H3. The summed E-state index contributed by atoms with van der Waals surface area (Å²) < 4.78 is 0. The van der Waals surface area contributed by atoms with Crippen LogP contribution >= 0.6 is 0 Å². The van der Waals surface area contributed by atoms with E-state index in [-0.39, 0.29) is 11.9 Å². The van der Waals surface area contributed by atoms with Crippen molar-refractivity contribution in [3.8, 4) is 0 Å². The molecule has 1 aliphatic heterocycles. The van der Waals surface area contributed by atoms with Crippen LogP contribution in [0.25, 0.3) is 0 Å². The van der Waals surface area contributed by atoms with E-state index in [1.165, 1.54) is 5.56 Å². The van der Waals surface area contributed by atoms with Gasteiger partial charge in [-0.05, 0) is 37.6 Å². The van der Waals surface area contributed by atoms with Crippen LogP contribution in [-0.4, -0.2) is 58.6 Å². The van der Waals surface area contributed by atoms with Gasteiger partial charge >= 0.3 is 0 Å². The highest BCUT2D eigenvalue weighted by Gasteiger charge is 2.24. The van der Waals surface area contributed by atoms with Gasteiger partial charge in [0, 0.05) is 44.5 Å². The number of hydrogen-bond donors (Lipinski definition) is 1. The average Bonchev–Trinajstić information content (AvgIpc) is 2.86. The number of nitrogens with zero attached hydrogens (tertiary/aromatic N) is 3. The molecule has 1 aliphatic rings. The Morgan fingerprint density at radius 3 is 2.71 bits per heavy atom. The molecule has 5 nitrogen and oxygen atoms in total. The Morgan fingerprint density at radius 2 is 2.14 bits per heavy atom. The van der Waals surface area contributed by atoms with Crippen molar-refractivity contribution >= 4 is 5.91 Å². The molecule has 2 atom stereocenters. The maximum Gasteiger partial charge on any atom is 0.222 e. The van der Waals surface area contributed by atoms with Crippen LogP contribution < -0.4 is 0 Å². The molecule has 21 heavy (non-hydrogen) atoms. The van der Waals surface area contributed by atoms with Gasteiger partial charge < -0.3 is 10.0 Å². The van der Waals surface area contributed by atoms with Gasteiger partial charge in [-0.25, -0.2) is 0 Å². The Morgan fingerprint density at radius 1 is 1.43 bits per heavy atom. The number of amides is 1. The zero-order valence-electron chi connectivity index (χ0n) is 12.9. The van der Waals surface area contributed by atoms with Crippen LogP contribution in [0, 0.1) is 0 Å². The minimum Gasteiger partial charge on any atom is -0.390 e. The number of aromatic nitrogens is 1.